The van der Waals surface area contributed by atoms with Crippen LogP contribution >= 0.6 is 11.3 Å². The Morgan fingerprint density at radius 2 is 1.02 bits per heavy atom. The molecule has 0 bridgehead atoms. The summed E-state index contributed by atoms with van der Waals surface area (Å²) in [5.41, 5.74) is 6.72. The van der Waals surface area contributed by atoms with E-state index in [4.69, 9.17) is 0 Å². The monoisotopic (exact) mass is 701 g/mol. The van der Waals surface area contributed by atoms with Gasteiger partial charge in [0.25, 0.3) is 0 Å². The van der Waals surface area contributed by atoms with Gasteiger partial charge in [0.15, 0.2) is 0 Å². The number of hydrogen-bond acceptors (Lipinski definition) is 2. The fourth-order valence-corrected chi connectivity index (χ4v) is 28.0. The Kier molecular flexibility index (Phi) is 14.2. The fourth-order valence-electron chi connectivity index (χ4n) is 6.58. The van der Waals surface area contributed by atoms with E-state index < -0.39 is 18.4 Å². The van der Waals surface area contributed by atoms with Gasteiger partial charge < -0.3 is 0 Å². The molecule has 4 rings (SSSR count). The van der Waals surface area contributed by atoms with Gasteiger partial charge in [0.2, 0.25) is 0 Å². The number of nitrogens with zero attached hydrogens (tertiary/aromatic N) is 1. The molecule has 3 aromatic carbocycles. The Morgan fingerprint density at radius 3 is 1.51 bits per heavy atom. The molecule has 0 N–H and O–H groups in total. The number of rotatable bonds is 19. The molecule has 3 heteroatoms. The molecule has 0 spiro atoms. The van der Waals surface area contributed by atoms with Gasteiger partial charge in [-0.1, -0.05) is 0 Å². The van der Waals surface area contributed by atoms with Crippen molar-refractivity contribution in [3.63, 3.8) is 0 Å². The van der Waals surface area contributed by atoms with Crippen LogP contribution in [-0.4, -0.2) is 18.4 Å². The Hall–Kier alpha value is -2.04. The molecule has 0 fully saturated rings. The molecular formula is C40H55NSSn. The molecule has 0 saturated heterocycles. The van der Waals surface area contributed by atoms with Gasteiger partial charge in [-0.05, 0) is 0 Å². The van der Waals surface area contributed by atoms with Crippen molar-refractivity contribution in [2.75, 3.05) is 4.90 Å². The summed E-state index contributed by atoms with van der Waals surface area (Å²) < 4.78 is 6.59. The predicted molar refractivity (Wildman–Crippen MR) is 197 cm³/mol. The molecule has 43 heavy (non-hydrogen) atoms. The second-order valence-corrected chi connectivity index (χ2v) is 27.5. The summed E-state index contributed by atoms with van der Waals surface area (Å²) in [5, 5.41) is 0. The molecule has 1 aromatic heterocycles. The van der Waals surface area contributed by atoms with Gasteiger partial charge in [-0.3, -0.25) is 0 Å². The average Bonchev–Trinajstić information content (AvgIpc) is 3.49. The molecule has 230 valence electrons. The minimum absolute atomic E-state index is 1.19. The third-order valence-electron chi connectivity index (χ3n) is 9.06. The molecule has 1 heterocycles. The molecule has 0 atom stereocenters. The molecule has 0 aliphatic rings. The molecule has 0 amide bonds. The topological polar surface area (TPSA) is 3.24 Å². The van der Waals surface area contributed by atoms with Gasteiger partial charge in [0.05, 0.1) is 0 Å². The molecule has 0 aliphatic heterocycles. The Bertz CT molecular complexity index is 1250. The van der Waals surface area contributed by atoms with E-state index in [1.165, 1.54) is 98.1 Å². The first-order valence-corrected chi connectivity index (χ1v) is 25.6. The van der Waals surface area contributed by atoms with Crippen molar-refractivity contribution in [2.24, 2.45) is 0 Å². The van der Waals surface area contributed by atoms with Gasteiger partial charge in [-0.2, -0.15) is 0 Å². The van der Waals surface area contributed by atoms with Crippen LogP contribution in [0.4, 0.5) is 17.1 Å². The van der Waals surface area contributed by atoms with Gasteiger partial charge >= 0.3 is 273 Å². The van der Waals surface area contributed by atoms with Crippen molar-refractivity contribution in [3.8, 4) is 10.4 Å². The van der Waals surface area contributed by atoms with Crippen LogP contribution in [0.1, 0.15) is 97.5 Å². The van der Waals surface area contributed by atoms with Crippen molar-refractivity contribution >= 4 is 49.7 Å². The number of aryl methyl sites for hydroxylation is 1. The molecule has 0 unspecified atom stereocenters. The van der Waals surface area contributed by atoms with Crippen molar-refractivity contribution in [2.45, 2.75) is 112 Å². The van der Waals surface area contributed by atoms with Crippen LogP contribution in [0.25, 0.3) is 10.4 Å². The molecular weight excluding hydrogens is 645 g/mol. The third kappa shape index (κ3) is 9.23. The first-order chi connectivity index (χ1) is 21.2. The zero-order valence-electron chi connectivity index (χ0n) is 27.4. The number of benzene rings is 3. The van der Waals surface area contributed by atoms with E-state index in [1.54, 1.807) is 18.9 Å². The van der Waals surface area contributed by atoms with Gasteiger partial charge in [0.1, 0.15) is 0 Å². The summed E-state index contributed by atoms with van der Waals surface area (Å²) in [5.74, 6) is 0. The van der Waals surface area contributed by atoms with Crippen LogP contribution in [0.5, 0.6) is 0 Å². The van der Waals surface area contributed by atoms with E-state index in [1.807, 2.05) is 2.89 Å². The molecule has 0 radical (unpaired) electrons. The number of hydrogen-bond donors (Lipinski definition) is 0. The van der Waals surface area contributed by atoms with Crippen molar-refractivity contribution in [1.82, 2.24) is 0 Å². The van der Waals surface area contributed by atoms with Crippen LogP contribution < -0.4 is 7.79 Å². The molecule has 1 nitrogen and oxygen atoms in total. The van der Waals surface area contributed by atoms with Crippen LogP contribution in [0, 0.1) is 0 Å². The predicted octanol–water partition coefficient (Wildman–Crippen LogP) is 13.1. The first kappa shape index (κ1) is 33.8. The summed E-state index contributed by atoms with van der Waals surface area (Å²) in [6, 6.07) is 33.6. The second kappa shape index (κ2) is 18.1. The quantitative estimate of drug-likeness (QED) is 0.0695. The summed E-state index contributed by atoms with van der Waals surface area (Å²) in [6.07, 6.45) is 14.9. The Balaban J connectivity index is 1.73. The second-order valence-electron chi connectivity index (χ2n) is 12.4. The van der Waals surface area contributed by atoms with Crippen LogP contribution in [-0.2, 0) is 6.42 Å². The summed E-state index contributed by atoms with van der Waals surface area (Å²) >= 11 is -0.319. The maximum atomic E-state index is 2.64. The Morgan fingerprint density at radius 1 is 0.535 bits per heavy atom. The van der Waals surface area contributed by atoms with E-state index in [-0.39, 0.29) is 0 Å². The van der Waals surface area contributed by atoms with E-state index >= 15 is 0 Å². The average molecular weight is 701 g/mol. The number of para-hydroxylation sites is 2. The van der Waals surface area contributed by atoms with E-state index in [9.17, 15) is 0 Å². The number of anilines is 3. The third-order valence-corrected chi connectivity index (χ3v) is 28.8. The molecule has 0 aliphatic carbocycles. The van der Waals surface area contributed by atoms with Crippen molar-refractivity contribution < 1.29 is 0 Å². The van der Waals surface area contributed by atoms with Gasteiger partial charge in [-0.25, -0.2) is 0 Å². The summed E-state index contributed by atoms with van der Waals surface area (Å²) in [4.78, 5) is 3.87. The van der Waals surface area contributed by atoms with Crippen LogP contribution in [0.15, 0.2) is 91.0 Å². The van der Waals surface area contributed by atoms with Crippen LogP contribution in [0.2, 0.25) is 13.3 Å². The van der Waals surface area contributed by atoms with Gasteiger partial charge in [-0.15, -0.1) is 0 Å². The summed E-state index contributed by atoms with van der Waals surface area (Å²) in [6.45, 7) is 9.53. The van der Waals surface area contributed by atoms with E-state index in [0.717, 1.165) is 0 Å². The van der Waals surface area contributed by atoms with E-state index in [0.29, 0.717) is 0 Å². The van der Waals surface area contributed by atoms with E-state index in [2.05, 4.69) is 135 Å². The number of thiophene rings is 1. The van der Waals surface area contributed by atoms with Crippen LogP contribution in [0.3, 0.4) is 0 Å². The summed E-state index contributed by atoms with van der Waals surface area (Å²) in [7, 11) is 0. The zero-order chi connectivity index (χ0) is 30.3. The number of unbranched alkanes of at least 4 members (excludes halogenated alkanes) is 6. The maximum absolute atomic E-state index is 2.64. The first-order valence-electron chi connectivity index (χ1n) is 17.3. The zero-order valence-corrected chi connectivity index (χ0v) is 31.1. The van der Waals surface area contributed by atoms with Crippen molar-refractivity contribution in [3.05, 3.63) is 96.6 Å². The molecule has 0 saturated carbocycles. The normalized spacial score (nSPS) is 11.6. The van der Waals surface area contributed by atoms with Gasteiger partial charge in [0, 0.05) is 0 Å². The minimum atomic E-state index is -2.54. The Labute approximate surface area is 271 Å². The fraction of sp³-hybridized carbons (Fsp3) is 0.450. The molecule has 4 aromatic rings. The SMILES string of the molecule is CCCCCCc1cc(-c2ccc(N(c3ccccc3)c3ccccc3)cc2)s[c]1[Sn]([CH2]CCC)([CH2]CCC)[CH2]CCC. The van der Waals surface area contributed by atoms with Crippen molar-refractivity contribution in [1.29, 1.82) is 0 Å². The standard InChI is InChI=1S/C28H28NS.3C4H9.Sn/c1-2-3-4-7-12-23-21-28(30-22-23)24-17-19-27(20-18-24)29(25-13-8-5-9-14-25)26-15-10-6-11-16-26;3*1-3-4-2;/h5-6,8-11,13-21H,2-4,7,12H2,1H3;3*1,3-4H2,2H3;.